The Morgan fingerprint density at radius 2 is 1.84 bits per heavy atom. The molecule has 0 bridgehead atoms. The lowest BCUT2D eigenvalue weighted by atomic mass is 10.1. The molecule has 0 saturated heterocycles. The van der Waals surface area contributed by atoms with Crippen molar-refractivity contribution in [2.75, 3.05) is 20.3 Å². The number of hydrogen-bond donors (Lipinski definition) is 1. The maximum absolute atomic E-state index is 12.1. The van der Waals surface area contributed by atoms with E-state index >= 15 is 0 Å². The highest BCUT2D eigenvalue weighted by Gasteiger charge is 2.12. The molecule has 7 heteroatoms. The summed E-state index contributed by atoms with van der Waals surface area (Å²) in [4.78, 5) is 23.7. The van der Waals surface area contributed by atoms with E-state index in [4.69, 9.17) is 14.6 Å². The van der Waals surface area contributed by atoms with Crippen LogP contribution < -0.4 is 10.1 Å². The molecule has 1 heterocycles. The Bertz CT molecular complexity index is 1040. The highest BCUT2D eigenvalue weighted by Crippen LogP contribution is 2.26. The van der Waals surface area contributed by atoms with Crippen molar-refractivity contribution in [2.24, 2.45) is 0 Å². The van der Waals surface area contributed by atoms with Crippen LogP contribution in [0.4, 0.5) is 0 Å². The van der Waals surface area contributed by atoms with Gasteiger partial charge in [-0.25, -0.2) is 9.48 Å². The molecule has 160 valence electrons. The molecule has 31 heavy (non-hydrogen) atoms. The number of hydrogen-bond acceptors (Lipinski definition) is 5. The monoisotopic (exact) mass is 419 g/mol. The zero-order valence-electron chi connectivity index (χ0n) is 17.6. The van der Waals surface area contributed by atoms with Crippen molar-refractivity contribution in [2.45, 2.75) is 13.3 Å². The molecule has 0 unspecified atom stereocenters. The van der Waals surface area contributed by atoms with Crippen LogP contribution >= 0.6 is 0 Å². The fourth-order valence-corrected chi connectivity index (χ4v) is 2.85. The predicted octanol–water partition coefficient (Wildman–Crippen LogP) is 3.63. The first-order valence-corrected chi connectivity index (χ1v) is 10.0. The minimum absolute atomic E-state index is 0.308. The number of nitrogens with zero attached hydrogens (tertiary/aromatic N) is 2. The predicted molar refractivity (Wildman–Crippen MR) is 119 cm³/mol. The van der Waals surface area contributed by atoms with Crippen LogP contribution in [0.2, 0.25) is 0 Å². The van der Waals surface area contributed by atoms with E-state index in [0.717, 1.165) is 29.0 Å². The smallest absolute Gasteiger partial charge is 0.331 e. The normalized spacial score (nSPS) is 10.8. The van der Waals surface area contributed by atoms with Gasteiger partial charge in [0.25, 0.3) is 5.91 Å². The largest absolute Gasteiger partial charge is 0.497 e. The van der Waals surface area contributed by atoms with Crippen molar-refractivity contribution < 1.29 is 19.1 Å². The average molecular weight is 419 g/mol. The second-order valence-electron chi connectivity index (χ2n) is 6.73. The van der Waals surface area contributed by atoms with Gasteiger partial charge in [-0.15, -0.1) is 0 Å². The van der Waals surface area contributed by atoms with E-state index in [-0.39, 0.29) is 12.5 Å². The van der Waals surface area contributed by atoms with Crippen LogP contribution in [-0.2, 0) is 14.3 Å². The van der Waals surface area contributed by atoms with Gasteiger partial charge < -0.3 is 14.8 Å². The number of ether oxygens (including phenoxy) is 2. The van der Waals surface area contributed by atoms with Gasteiger partial charge in [0.15, 0.2) is 6.61 Å². The van der Waals surface area contributed by atoms with Crippen molar-refractivity contribution in [1.29, 1.82) is 0 Å². The molecule has 0 atom stereocenters. The van der Waals surface area contributed by atoms with Crippen molar-refractivity contribution in [3.63, 3.8) is 0 Å². The van der Waals surface area contributed by atoms with Crippen LogP contribution in [0.5, 0.6) is 5.75 Å². The minimum atomic E-state index is -0.597. The lowest BCUT2D eigenvalue weighted by Gasteiger charge is -2.03. The van der Waals surface area contributed by atoms with Gasteiger partial charge in [0, 0.05) is 29.9 Å². The van der Waals surface area contributed by atoms with E-state index in [1.807, 2.05) is 67.7 Å². The van der Waals surface area contributed by atoms with Gasteiger partial charge in [-0.05, 0) is 48.9 Å². The summed E-state index contributed by atoms with van der Waals surface area (Å²) in [6.45, 7) is 2.19. The summed E-state index contributed by atoms with van der Waals surface area (Å²) in [6.07, 6.45) is 5.59. The van der Waals surface area contributed by atoms with E-state index in [1.165, 1.54) is 6.08 Å². The summed E-state index contributed by atoms with van der Waals surface area (Å²) in [5.74, 6) is -0.174. The Labute approximate surface area is 181 Å². The molecule has 0 radical (unpaired) electrons. The first-order chi connectivity index (χ1) is 15.1. The molecule has 3 aromatic rings. The molecule has 0 aliphatic rings. The summed E-state index contributed by atoms with van der Waals surface area (Å²) in [6, 6.07) is 17.2. The molecule has 3 rings (SSSR count). The number of rotatable bonds is 9. The Balaban J connectivity index is 1.82. The van der Waals surface area contributed by atoms with Gasteiger partial charge >= 0.3 is 5.97 Å². The molecule has 1 aromatic heterocycles. The molecule has 1 amide bonds. The number of methoxy groups -OCH3 is 1. The van der Waals surface area contributed by atoms with Crippen LogP contribution in [0.1, 0.15) is 18.9 Å². The molecular weight excluding hydrogens is 394 g/mol. The van der Waals surface area contributed by atoms with Gasteiger partial charge in [-0.2, -0.15) is 5.10 Å². The maximum Gasteiger partial charge on any atom is 0.331 e. The molecule has 0 aliphatic heterocycles. The number of carbonyl (C=O) groups is 2. The zero-order chi connectivity index (χ0) is 22.1. The number of carbonyl (C=O) groups excluding carboxylic acids is 2. The van der Waals surface area contributed by atoms with E-state index < -0.39 is 5.97 Å². The molecule has 0 spiro atoms. The molecule has 1 N–H and O–H groups in total. The third kappa shape index (κ3) is 6.05. The topological polar surface area (TPSA) is 82.5 Å². The summed E-state index contributed by atoms with van der Waals surface area (Å²) >= 11 is 0. The van der Waals surface area contributed by atoms with Gasteiger partial charge in [-0.1, -0.05) is 25.1 Å². The second-order valence-corrected chi connectivity index (χ2v) is 6.73. The summed E-state index contributed by atoms with van der Waals surface area (Å²) in [5.41, 5.74) is 3.21. The first kappa shape index (κ1) is 21.8. The summed E-state index contributed by atoms with van der Waals surface area (Å²) in [7, 11) is 1.61. The second kappa shape index (κ2) is 10.8. The number of nitrogens with one attached hydrogen (secondary N) is 1. The number of amides is 1. The van der Waals surface area contributed by atoms with Gasteiger partial charge in [-0.3, -0.25) is 4.79 Å². The Morgan fingerprint density at radius 1 is 1.10 bits per heavy atom. The molecule has 0 saturated carbocycles. The van der Waals surface area contributed by atoms with Crippen LogP contribution in [0, 0.1) is 0 Å². The zero-order valence-corrected chi connectivity index (χ0v) is 17.6. The van der Waals surface area contributed by atoms with E-state index in [0.29, 0.717) is 12.2 Å². The Morgan fingerprint density at radius 3 is 2.52 bits per heavy atom. The van der Waals surface area contributed by atoms with E-state index in [9.17, 15) is 9.59 Å². The standard InChI is InChI=1S/C24H25N3O4/c1-3-15-25-22(28)17-31-23(29)14-11-19-16-27(20-7-5-4-6-8-20)26-24(19)18-9-12-21(30-2)13-10-18/h4-14,16H,3,15,17H2,1-2H3,(H,25,28)/b14-11+. The molecular formula is C24H25N3O4. The van der Waals surface area contributed by atoms with Crippen LogP contribution in [0.15, 0.2) is 66.9 Å². The summed E-state index contributed by atoms with van der Waals surface area (Å²) in [5, 5.41) is 7.36. The Kier molecular flexibility index (Phi) is 7.59. The quantitative estimate of drug-likeness (QED) is 0.423. The third-order valence-corrected chi connectivity index (χ3v) is 4.44. The SMILES string of the molecule is CCCNC(=O)COC(=O)/C=C/c1cn(-c2ccccc2)nc1-c1ccc(OC)cc1. The van der Waals surface area contributed by atoms with E-state index in [1.54, 1.807) is 17.9 Å². The van der Waals surface area contributed by atoms with Crippen LogP contribution in [0.3, 0.4) is 0 Å². The lowest BCUT2D eigenvalue weighted by molar-refractivity contribution is -0.143. The molecule has 7 nitrogen and oxygen atoms in total. The van der Waals surface area contributed by atoms with E-state index in [2.05, 4.69) is 5.32 Å². The fourth-order valence-electron chi connectivity index (χ4n) is 2.85. The number of esters is 1. The molecule has 0 aliphatic carbocycles. The summed E-state index contributed by atoms with van der Waals surface area (Å²) < 4.78 is 12.0. The highest BCUT2D eigenvalue weighted by molar-refractivity contribution is 5.90. The van der Waals surface area contributed by atoms with Crippen LogP contribution in [0.25, 0.3) is 23.0 Å². The molecule has 0 fully saturated rings. The van der Waals surface area contributed by atoms with Crippen LogP contribution in [-0.4, -0.2) is 41.9 Å². The Hall–Kier alpha value is -3.87. The fraction of sp³-hybridized carbons (Fsp3) is 0.208. The lowest BCUT2D eigenvalue weighted by Crippen LogP contribution is -2.28. The average Bonchev–Trinajstić information content (AvgIpc) is 3.25. The number of benzene rings is 2. The number of aromatic nitrogens is 2. The van der Waals surface area contributed by atoms with Gasteiger partial charge in [0.05, 0.1) is 18.5 Å². The first-order valence-electron chi connectivity index (χ1n) is 10.0. The minimum Gasteiger partial charge on any atom is -0.497 e. The van der Waals surface area contributed by atoms with Gasteiger partial charge in [0.2, 0.25) is 0 Å². The van der Waals surface area contributed by atoms with Crippen molar-refractivity contribution >= 4 is 18.0 Å². The van der Waals surface area contributed by atoms with Crippen molar-refractivity contribution in [1.82, 2.24) is 15.1 Å². The maximum atomic E-state index is 12.1. The number of para-hydroxylation sites is 1. The molecule has 2 aromatic carbocycles. The third-order valence-electron chi connectivity index (χ3n) is 4.44. The van der Waals surface area contributed by atoms with Crippen molar-refractivity contribution in [3.8, 4) is 22.7 Å². The van der Waals surface area contributed by atoms with Crippen molar-refractivity contribution in [3.05, 3.63) is 72.4 Å². The highest BCUT2D eigenvalue weighted by atomic mass is 16.5. The van der Waals surface area contributed by atoms with Gasteiger partial charge in [0.1, 0.15) is 5.75 Å².